The van der Waals surface area contributed by atoms with Crippen LogP contribution in [-0.4, -0.2) is 88.6 Å². The van der Waals surface area contributed by atoms with Crippen molar-refractivity contribution in [1.29, 1.82) is 0 Å². The summed E-state index contributed by atoms with van der Waals surface area (Å²) in [4.78, 5) is 71.2. The van der Waals surface area contributed by atoms with E-state index in [4.69, 9.17) is 53.7 Å². The van der Waals surface area contributed by atoms with Gasteiger partial charge in [0.05, 0.1) is 22.2 Å². The van der Waals surface area contributed by atoms with Crippen LogP contribution in [0.4, 0.5) is 0 Å². The van der Waals surface area contributed by atoms with Crippen molar-refractivity contribution in [2.45, 2.75) is 141 Å². The van der Waals surface area contributed by atoms with Gasteiger partial charge in [0.15, 0.2) is 8.32 Å². The second-order valence-electron chi connectivity index (χ2n) is 17.8. The van der Waals surface area contributed by atoms with E-state index in [-0.39, 0.29) is 17.5 Å². The number of halogens is 3. The molecule has 328 valence electrons. The van der Waals surface area contributed by atoms with Gasteiger partial charge in [-0.2, -0.15) is 0 Å². The summed E-state index contributed by atoms with van der Waals surface area (Å²) in [5.74, 6) is -2.95. The van der Waals surface area contributed by atoms with E-state index in [9.17, 15) is 24.0 Å². The first-order valence-corrected chi connectivity index (χ1v) is 23.9. The van der Waals surface area contributed by atoms with Crippen molar-refractivity contribution in [3.05, 3.63) is 47.7 Å². The molecule has 1 aliphatic rings. The SMILES string of the molecule is CC(=O)O[C@H](C)c1ccc2ccc(C=CC(C)(C(=O)NC(C(=O)NC(C)C(=O)N3CCCC(C(=O)OCC(Cl)(Cl)Cl)N3)C(C)C)C(C)(C)O[Si](C)(C)C(C)(C)C)cc2n1. The average molecular weight is 899 g/mol. The third-order valence-corrected chi connectivity index (χ3v) is 16.2. The van der Waals surface area contributed by atoms with E-state index in [0.717, 1.165) is 10.9 Å². The van der Waals surface area contributed by atoms with Crippen molar-refractivity contribution in [2.24, 2.45) is 11.3 Å². The minimum Gasteiger partial charge on any atom is -0.460 e. The Bertz CT molecular complexity index is 1900. The number of nitrogens with one attached hydrogen (secondary N) is 3. The molecule has 3 rings (SSSR count). The molecule has 1 fully saturated rings. The minimum absolute atomic E-state index is 0.173. The lowest BCUT2D eigenvalue weighted by molar-refractivity contribution is -0.153. The summed E-state index contributed by atoms with van der Waals surface area (Å²) in [7, 11) is -2.46. The molecule has 59 heavy (non-hydrogen) atoms. The van der Waals surface area contributed by atoms with Crippen molar-refractivity contribution >= 4 is 89.8 Å². The lowest BCUT2D eigenvalue weighted by Crippen LogP contribution is -2.63. The highest BCUT2D eigenvalue weighted by molar-refractivity contribution is 6.74. The predicted molar refractivity (Wildman–Crippen MR) is 235 cm³/mol. The number of fused-ring (bicyclic) bond motifs is 1. The van der Waals surface area contributed by atoms with Gasteiger partial charge in [-0.15, -0.1) is 0 Å². The molecule has 1 saturated heterocycles. The fourth-order valence-corrected chi connectivity index (χ4v) is 8.25. The summed E-state index contributed by atoms with van der Waals surface area (Å²) >= 11 is 17.1. The Kier molecular flexibility index (Phi) is 16.7. The second-order valence-corrected chi connectivity index (χ2v) is 25.1. The number of ether oxygens (including phenoxy) is 2. The van der Waals surface area contributed by atoms with Crippen LogP contribution in [0.1, 0.15) is 106 Å². The summed E-state index contributed by atoms with van der Waals surface area (Å²) in [6.45, 7) is 24.3. The molecule has 0 bridgehead atoms. The lowest BCUT2D eigenvalue weighted by Gasteiger charge is -2.49. The monoisotopic (exact) mass is 897 g/mol. The van der Waals surface area contributed by atoms with Gasteiger partial charge in [-0.05, 0) is 89.2 Å². The molecule has 1 aromatic heterocycles. The molecule has 4 unspecified atom stereocenters. The molecule has 1 aliphatic heterocycles. The molecule has 0 saturated carbocycles. The number of esters is 2. The molecule has 2 heterocycles. The maximum Gasteiger partial charge on any atom is 0.325 e. The van der Waals surface area contributed by atoms with Crippen LogP contribution < -0.4 is 16.1 Å². The fourth-order valence-electron chi connectivity index (χ4n) is 6.29. The fraction of sp³-hybridized carbons (Fsp3) is 0.619. The Balaban J connectivity index is 1.91. The maximum absolute atomic E-state index is 14.8. The summed E-state index contributed by atoms with van der Waals surface area (Å²) in [6, 6.07) is 6.57. The molecule has 1 aromatic carbocycles. The zero-order valence-corrected chi connectivity index (χ0v) is 39.8. The van der Waals surface area contributed by atoms with Gasteiger partial charge in [-0.1, -0.05) is 99.8 Å². The zero-order chi connectivity index (χ0) is 44.9. The van der Waals surface area contributed by atoms with Crippen molar-refractivity contribution < 1.29 is 37.9 Å². The smallest absolute Gasteiger partial charge is 0.325 e. The Morgan fingerprint density at radius 2 is 1.61 bits per heavy atom. The third kappa shape index (κ3) is 13.4. The summed E-state index contributed by atoms with van der Waals surface area (Å²) in [6.07, 6.45) is 4.00. The van der Waals surface area contributed by atoms with Crippen LogP contribution in [0.2, 0.25) is 18.1 Å². The molecule has 3 N–H and O–H groups in total. The largest absolute Gasteiger partial charge is 0.460 e. The van der Waals surface area contributed by atoms with E-state index >= 15 is 0 Å². The Hall–Kier alpha value is -3.27. The van der Waals surface area contributed by atoms with Crippen molar-refractivity contribution in [3.63, 3.8) is 0 Å². The Morgan fingerprint density at radius 3 is 2.19 bits per heavy atom. The number of benzene rings is 1. The number of aromatic nitrogens is 1. The normalized spacial score (nSPS) is 18.2. The van der Waals surface area contributed by atoms with Crippen LogP contribution in [-0.2, 0) is 37.9 Å². The number of carbonyl (C=O) groups excluding carboxylic acids is 5. The third-order valence-electron chi connectivity index (χ3n) is 11.2. The quantitative estimate of drug-likeness (QED) is 0.0916. The number of hydrogen-bond acceptors (Lipinski definition) is 10. The summed E-state index contributed by atoms with van der Waals surface area (Å²) in [5, 5.41) is 7.76. The van der Waals surface area contributed by atoms with E-state index in [1.54, 1.807) is 33.8 Å². The van der Waals surface area contributed by atoms with Crippen molar-refractivity contribution in [3.8, 4) is 0 Å². The van der Waals surface area contributed by atoms with E-state index < -0.39 is 83.6 Å². The Morgan fingerprint density at radius 1 is 0.983 bits per heavy atom. The molecule has 0 aliphatic carbocycles. The molecular formula is C42H62Cl3N5O8Si. The average Bonchev–Trinajstić information content (AvgIpc) is 3.12. The maximum atomic E-state index is 14.8. The zero-order valence-electron chi connectivity index (χ0n) is 36.6. The molecule has 2 aromatic rings. The van der Waals surface area contributed by atoms with Crippen LogP contribution >= 0.6 is 34.8 Å². The molecular weight excluding hydrogens is 837 g/mol. The van der Waals surface area contributed by atoms with Crippen molar-refractivity contribution in [1.82, 2.24) is 26.1 Å². The number of hydrogen-bond donors (Lipinski definition) is 3. The molecule has 5 atom stereocenters. The van der Waals surface area contributed by atoms with Gasteiger partial charge in [0.2, 0.25) is 15.6 Å². The van der Waals surface area contributed by atoms with Gasteiger partial charge in [0, 0.05) is 18.9 Å². The highest BCUT2D eigenvalue weighted by atomic mass is 35.6. The molecule has 17 heteroatoms. The van der Waals surface area contributed by atoms with Gasteiger partial charge < -0.3 is 24.5 Å². The van der Waals surface area contributed by atoms with E-state index in [1.165, 1.54) is 18.9 Å². The van der Waals surface area contributed by atoms with E-state index in [1.807, 2.05) is 50.3 Å². The van der Waals surface area contributed by atoms with Gasteiger partial charge >= 0.3 is 11.9 Å². The first kappa shape index (κ1) is 50.1. The van der Waals surface area contributed by atoms with Crippen LogP contribution in [0.5, 0.6) is 0 Å². The highest BCUT2D eigenvalue weighted by Crippen LogP contribution is 2.45. The number of carbonyl (C=O) groups is 5. The number of amides is 3. The molecule has 0 spiro atoms. The van der Waals surface area contributed by atoms with Gasteiger partial charge in [0.1, 0.15) is 30.8 Å². The number of alkyl halides is 3. The van der Waals surface area contributed by atoms with Crippen LogP contribution in [0.15, 0.2) is 36.4 Å². The van der Waals surface area contributed by atoms with Gasteiger partial charge in [0.25, 0.3) is 5.91 Å². The van der Waals surface area contributed by atoms with Crippen LogP contribution in [0.3, 0.4) is 0 Å². The number of nitrogens with zero attached hydrogens (tertiary/aromatic N) is 2. The summed E-state index contributed by atoms with van der Waals surface area (Å²) < 4.78 is 15.7. The standard InChI is InChI=1S/C42H62Cl3N5O8Si/c1-25(2)34(35(52)46-26(3)36(53)50-22-14-15-32(49-50)37(54)56-24-42(43,44)45)48-38(55)41(11,40(9,10)58-59(12,13)39(6,7)8)21-20-29-16-17-30-18-19-31(47-33(30)23-29)27(4)57-28(5)51/h16-21,23,25-27,32,34,49H,14-15,22,24H2,1-13H3,(H,46,52)(H,48,55)/t26?,27-,32?,34?,41?/m1/s1. The predicted octanol–water partition coefficient (Wildman–Crippen LogP) is 7.73. The number of rotatable bonds is 15. The number of pyridine rings is 1. The van der Waals surface area contributed by atoms with Gasteiger partial charge in [-0.25, -0.2) is 10.4 Å². The topological polar surface area (TPSA) is 165 Å². The van der Waals surface area contributed by atoms with Gasteiger partial charge in [-0.3, -0.25) is 29.0 Å². The Labute approximate surface area is 365 Å². The lowest BCUT2D eigenvalue weighted by atomic mass is 9.73. The van der Waals surface area contributed by atoms with E-state index in [0.29, 0.717) is 24.1 Å². The molecule has 13 nitrogen and oxygen atoms in total. The van der Waals surface area contributed by atoms with E-state index in [2.05, 4.69) is 49.9 Å². The minimum atomic E-state index is -2.46. The molecule has 3 amide bonds. The van der Waals surface area contributed by atoms with Crippen LogP contribution in [0.25, 0.3) is 17.0 Å². The number of hydrazine groups is 1. The second kappa shape index (κ2) is 19.6. The highest BCUT2D eigenvalue weighted by Gasteiger charge is 2.52. The first-order valence-electron chi connectivity index (χ1n) is 19.9. The molecule has 0 radical (unpaired) electrons. The first-order chi connectivity index (χ1) is 27.0. The van der Waals surface area contributed by atoms with Crippen molar-refractivity contribution in [2.75, 3.05) is 13.2 Å². The van der Waals surface area contributed by atoms with Crippen LogP contribution in [0, 0.1) is 11.3 Å². The summed E-state index contributed by atoms with van der Waals surface area (Å²) in [5.41, 5.74) is 2.51.